The average molecular weight is 332 g/mol. The molecule has 6 nitrogen and oxygen atoms in total. The summed E-state index contributed by atoms with van der Waals surface area (Å²) >= 11 is 0. The molecule has 0 fully saturated rings. The molecule has 124 valence electrons. The molecule has 0 radical (unpaired) electrons. The number of hydrogen-bond donors (Lipinski definition) is 4. The largest absolute Gasteiger partial charge is 0.392 e. The lowest BCUT2D eigenvalue weighted by Gasteiger charge is -2.09. The molecule has 0 spiro atoms. The first kappa shape index (κ1) is 15.2. The van der Waals surface area contributed by atoms with Gasteiger partial charge >= 0.3 is 0 Å². The number of para-hydroxylation sites is 1. The Bertz CT molecular complexity index is 1030. The van der Waals surface area contributed by atoms with Gasteiger partial charge in [-0.1, -0.05) is 24.3 Å². The minimum absolute atomic E-state index is 0.125. The van der Waals surface area contributed by atoms with Gasteiger partial charge in [-0.25, -0.2) is 0 Å². The minimum atomic E-state index is -0.222. The van der Waals surface area contributed by atoms with Gasteiger partial charge in [-0.15, -0.1) is 0 Å². The van der Waals surface area contributed by atoms with Crippen LogP contribution in [-0.2, 0) is 6.61 Å². The number of amides is 1. The Balaban J connectivity index is 1.63. The van der Waals surface area contributed by atoms with Crippen molar-refractivity contribution in [3.05, 3.63) is 71.9 Å². The molecule has 0 unspecified atom stereocenters. The first-order chi connectivity index (χ1) is 12.2. The van der Waals surface area contributed by atoms with Gasteiger partial charge in [0.05, 0.1) is 18.0 Å². The number of anilines is 1. The van der Waals surface area contributed by atoms with Gasteiger partial charge in [-0.05, 0) is 30.3 Å². The zero-order chi connectivity index (χ0) is 17.2. The Morgan fingerprint density at radius 1 is 1.08 bits per heavy atom. The number of aliphatic hydroxyl groups is 1. The standard InChI is InChI=1S/C19H16N4O2/c24-11-14-3-1-2-4-15(14)22-19(25)13-6-5-12-9-18(21-17(12)10-13)16-7-8-20-23-16/h1-10,21,24H,11H2,(H,20,23)(H,22,25). The molecule has 2 aromatic heterocycles. The number of nitrogens with one attached hydrogen (secondary N) is 3. The van der Waals surface area contributed by atoms with Gasteiger partial charge < -0.3 is 15.4 Å². The molecule has 4 rings (SSSR count). The van der Waals surface area contributed by atoms with Crippen LogP contribution in [0.25, 0.3) is 22.3 Å². The molecule has 0 saturated heterocycles. The smallest absolute Gasteiger partial charge is 0.255 e. The molecule has 25 heavy (non-hydrogen) atoms. The van der Waals surface area contributed by atoms with Crippen molar-refractivity contribution < 1.29 is 9.90 Å². The Morgan fingerprint density at radius 2 is 1.96 bits per heavy atom. The molecule has 0 saturated carbocycles. The van der Waals surface area contributed by atoms with Gasteiger partial charge in [-0.2, -0.15) is 5.10 Å². The van der Waals surface area contributed by atoms with Gasteiger partial charge in [0.15, 0.2) is 0 Å². The minimum Gasteiger partial charge on any atom is -0.392 e. The molecule has 6 heteroatoms. The van der Waals surface area contributed by atoms with E-state index in [1.165, 1.54) is 0 Å². The summed E-state index contributed by atoms with van der Waals surface area (Å²) in [6.07, 6.45) is 1.69. The van der Waals surface area contributed by atoms with E-state index in [1.807, 2.05) is 36.4 Å². The summed E-state index contributed by atoms with van der Waals surface area (Å²) in [7, 11) is 0. The third kappa shape index (κ3) is 2.90. The summed E-state index contributed by atoms with van der Waals surface area (Å²) in [4.78, 5) is 15.8. The van der Waals surface area contributed by atoms with Crippen LogP contribution in [0.4, 0.5) is 5.69 Å². The second kappa shape index (κ2) is 6.26. The summed E-state index contributed by atoms with van der Waals surface area (Å²) in [6.45, 7) is -0.125. The van der Waals surface area contributed by atoms with Crippen LogP contribution in [0.5, 0.6) is 0 Å². The molecule has 1 amide bonds. The number of fused-ring (bicyclic) bond motifs is 1. The summed E-state index contributed by atoms with van der Waals surface area (Å²) in [5, 5.41) is 20.1. The summed E-state index contributed by atoms with van der Waals surface area (Å²) < 4.78 is 0. The Kier molecular flexibility index (Phi) is 3.80. The molecule has 0 bridgehead atoms. The molecular weight excluding hydrogens is 316 g/mol. The molecular formula is C19H16N4O2. The maximum atomic E-state index is 12.5. The van der Waals surface area contributed by atoms with Gasteiger partial charge in [0.2, 0.25) is 0 Å². The van der Waals surface area contributed by atoms with E-state index in [0.29, 0.717) is 16.8 Å². The molecule has 4 N–H and O–H groups in total. The molecule has 0 aliphatic rings. The molecule has 4 aromatic rings. The van der Waals surface area contributed by atoms with E-state index in [4.69, 9.17) is 0 Å². The fourth-order valence-corrected chi connectivity index (χ4v) is 2.79. The van der Waals surface area contributed by atoms with Crippen molar-refractivity contribution >= 4 is 22.5 Å². The van der Waals surface area contributed by atoms with Crippen LogP contribution in [0.2, 0.25) is 0 Å². The lowest BCUT2D eigenvalue weighted by Crippen LogP contribution is -2.13. The van der Waals surface area contributed by atoms with Crippen LogP contribution in [-0.4, -0.2) is 26.2 Å². The van der Waals surface area contributed by atoms with Crippen LogP contribution in [0.3, 0.4) is 0 Å². The third-order valence-electron chi connectivity index (χ3n) is 4.11. The number of hydrogen-bond acceptors (Lipinski definition) is 3. The van der Waals surface area contributed by atoms with Crippen LogP contribution < -0.4 is 5.32 Å². The van der Waals surface area contributed by atoms with Crippen LogP contribution in [0.15, 0.2) is 60.8 Å². The van der Waals surface area contributed by atoms with E-state index in [-0.39, 0.29) is 12.5 Å². The molecule has 2 heterocycles. The number of carbonyl (C=O) groups is 1. The number of benzene rings is 2. The highest BCUT2D eigenvalue weighted by atomic mass is 16.3. The maximum Gasteiger partial charge on any atom is 0.255 e. The van der Waals surface area contributed by atoms with E-state index in [9.17, 15) is 9.90 Å². The van der Waals surface area contributed by atoms with Crippen molar-refractivity contribution in [2.75, 3.05) is 5.32 Å². The average Bonchev–Trinajstić information content (AvgIpc) is 3.30. The van der Waals surface area contributed by atoms with Gasteiger partial charge in [0.25, 0.3) is 5.91 Å². The van der Waals surface area contributed by atoms with Crippen molar-refractivity contribution in [1.29, 1.82) is 0 Å². The van der Waals surface area contributed by atoms with Gasteiger partial charge in [0.1, 0.15) is 0 Å². The van der Waals surface area contributed by atoms with Gasteiger partial charge in [0, 0.05) is 33.9 Å². The van der Waals surface area contributed by atoms with Crippen LogP contribution in [0.1, 0.15) is 15.9 Å². The lowest BCUT2D eigenvalue weighted by molar-refractivity contribution is 0.102. The fourth-order valence-electron chi connectivity index (χ4n) is 2.79. The highest BCUT2D eigenvalue weighted by Gasteiger charge is 2.11. The molecule has 0 aliphatic carbocycles. The number of aliphatic hydroxyl groups excluding tert-OH is 1. The van der Waals surface area contributed by atoms with Gasteiger partial charge in [-0.3, -0.25) is 9.89 Å². The molecule has 2 aromatic carbocycles. The van der Waals surface area contributed by atoms with E-state index in [2.05, 4.69) is 20.5 Å². The fraction of sp³-hybridized carbons (Fsp3) is 0.0526. The zero-order valence-corrected chi connectivity index (χ0v) is 13.3. The Hall–Kier alpha value is -3.38. The third-order valence-corrected chi connectivity index (χ3v) is 4.11. The van der Waals surface area contributed by atoms with E-state index >= 15 is 0 Å². The maximum absolute atomic E-state index is 12.5. The predicted octanol–water partition coefficient (Wildman–Crippen LogP) is 3.30. The topological polar surface area (TPSA) is 93.8 Å². The summed E-state index contributed by atoms with van der Waals surface area (Å²) in [6, 6.07) is 16.6. The highest BCUT2D eigenvalue weighted by Crippen LogP contribution is 2.24. The number of carbonyl (C=O) groups excluding carboxylic acids is 1. The Morgan fingerprint density at radius 3 is 2.76 bits per heavy atom. The normalized spacial score (nSPS) is 10.9. The first-order valence-corrected chi connectivity index (χ1v) is 7.87. The first-order valence-electron chi connectivity index (χ1n) is 7.87. The van der Waals surface area contributed by atoms with Crippen molar-refractivity contribution in [2.24, 2.45) is 0 Å². The van der Waals surface area contributed by atoms with Crippen molar-refractivity contribution in [3.63, 3.8) is 0 Å². The number of nitrogens with zero attached hydrogens (tertiary/aromatic N) is 1. The van der Waals surface area contributed by atoms with E-state index in [1.54, 1.807) is 24.4 Å². The van der Waals surface area contributed by atoms with Crippen LogP contribution in [0, 0.1) is 0 Å². The second-order valence-electron chi connectivity index (χ2n) is 5.72. The number of rotatable bonds is 4. The molecule has 0 atom stereocenters. The lowest BCUT2D eigenvalue weighted by atomic mass is 10.1. The van der Waals surface area contributed by atoms with E-state index < -0.39 is 0 Å². The van der Waals surface area contributed by atoms with E-state index in [0.717, 1.165) is 22.3 Å². The summed E-state index contributed by atoms with van der Waals surface area (Å²) in [5.74, 6) is -0.222. The second-order valence-corrected chi connectivity index (χ2v) is 5.72. The monoisotopic (exact) mass is 332 g/mol. The SMILES string of the molecule is O=C(Nc1ccccc1CO)c1ccc2cc(-c3ccn[nH]3)[nH]c2c1. The van der Waals surface area contributed by atoms with Crippen LogP contribution >= 0.6 is 0 Å². The van der Waals surface area contributed by atoms with Crippen molar-refractivity contribution in [2.45, 2.75) is 6.61 Å². The quantitative estimate of drug-likeness (QED) is 0.462. The number of aromatic nitrogens is 3. The van der Waals surface area contributed by atoms with Crippen molar-refractivity contribution in [1.82, 2.24) is 15.2 Å². The van der Waals surface area contributed by atoms with Crippen molar-refractivity contribution in [3.8, 4) is 11.4 Å². The zero-order valence-electron chi connectivity index (χ0n) is 13.3. The number of aromatic amines is 2. The summed E-state index contributed by atoms with van der Waals surface area (Å²) in [5.41, 5.74) is 4.50. The predicted molar refractivity (Wildman–Crippen MR) is 96.2 cm³/mol. The Labute approximate surface area is 143 Å². The molecule has 0 aliphatic heterocycles. The number of H-pyrrole nitrogens is 2. The highest BCUT2D eigenvalue weighted by molar-refractivity contribution is 6.06.